The van der Waals surface area contributed by atoms with Gasteiger partial charge in [-0.3, -0.25) is 0 Å². The fourth-order valence-electron chi connectivity index (χ4n) is 1.38. The summed E-state index contributed by atoms with van der Waals surface area (Å²) in [7, 11) is -2.85. The zero-order chi connectivity index (χ0) is 14.8. The number of ether oxygens (including phenoxy) is 2. The number of rotatable bonds is 10. The van der Waals surface area contributed by atoms with Gasteiger partial charge in [0.1, 0.15) is 21.3 Å². The molecule has 0 N–H and O–H groups in total. The van der Waals surface area contributed by atoms with Crippen molar-refractivity contribution in [3.05, 3.63) is 24.3 Å². The molecule has 1 rings (SSSR count). The average Bonchev–Trinajstić information content (AvgIpc) is 2.40. The third-order valence-corrected chi connectivity index (χ3v) is 4.54. The summed E-state index contributed by atoms with van der Waals surface area (Å²) in [5.41, 5.74) is 0. The summed E-state index contributed by atoms with van der Waals surface area (Å²) in [4.78, 5) is 0. The van der Waals surface area contributed by atoms with E-state index in [1.165, 1.54) is 6.26 Å². The number of benzene rings is 1. The highest BCUT2D eigenvalue weighted by atomic mass is 32.2. The number of hydrogen-bond donors (Lipinski definition) is 0. The van der Waals surface area contributed by atoms with Crippen LogP contribution in [0, 0.1) is 0 Å². The highest BCUT2D eigenvalue weighted by Crippen LogP contribution is 2.18. The zero-order valence-corrected chi connectivity index (χ0v) is 13.6. The maximum absolute atomic E-state index is 10.9. The van der Waals surface area contributed by atoms with Gasteiger partial charge in [0.05, 0.1) is 19.0 Å². The quantitative estimate of drug-likeness (QED) is 0.621. The van der Waals surface area contributed by atoms with E-state index >= 15 is 0 Å². The Bertz CT molecular complexity index is 468. The SMILES string of the molecule is CCCOc1ccc(OCCSCCS(C)(=O)=O)cc1. The van der Waals surface area contributed by atoms with Crippen molar-refractivity contribution in [2.75, 3.05) is 36.7 Å². The minimum Gasteiger partial charge on any atom is -0.494 e. The lowest BCUT2D eigenvalue weighted by Crippen LogP contribution is -2.07. The van der Waals surface area contributed by atoms with Gasteiger partial charge < -0.3 is 9.47 Å². The summed E-state index contributed by atoms with van der Waals surface area (Å²) < 4.78 is 32.9. The lowest BCUT2D eigenvalue weighted by molar-refractivity contribution is 0.314. The van der Waals surface area contributed by atoms with Crippen LogP contribution in [0.1, 0.15) is 13.3 Å². The van der Waals surface area contributed by atoms with Crippen LogP contribution in [0.15, 0.2) is 24.3 Å². The van der Waals surface area contributed by atoms with Crippen LogP contribution in [0.4, 0.5) is 0 Å². The second kappa shape index (κ2) is 9.13. The number of thioether (sulfide) groups is 1. The van der Waals surface area contributed by atoms with Crippen LogP contribution in [0.2, 0.25) is 0 Å². The van der Waals surface area contributed by atoms with Gasteiger partial charge in [-0.1, -0.05) is 6.92 Å². The molecule has 0 atom stereocenters. The summed E-state index contributed by atoms with van der Waals surface area (Å²) in [5.74, 6) is 3.27. The van der Waals surface area contributed by atoms with Crippen molar-refractivity contribution < 1.29 is 17.9 Å². The standard InChI is InChI=1S/C14H22O4S2/c1-3-8-17-13-4-6-14(7-5-13)18-9-10-19-11-12-20(2,15)16/h4-7H,3,8-12H2,1-2H3. The molecule has 0 aliphatic heterocycles. The van der Waals surface area contributed by atoms with Crippen molar-refractivity contribution in [3.63, 3.8) is 0 Å². The maximum Gasteiger partial charge on any atom is 0.148 e. The lowest BCUT2D eigenvalue weighted by Gasteiger charge is -2.08. The monoisotopic (exact) mass is 318 g/mol. The molecule has 0 aliphatic carbocycles. The Morgan fingerprint density at radius 1 is 1.00 bits per heavy atom. The molecule has 0 fully saturated rings. The van der Waals surface area contributed by atoms with Gasteiger partial charge in [0, 0.05) is 17.8 Å². The molecule has 1 aromatic carbocycles. The highest BCUT2D eigenvalue weighted by Gasteiger charge is 2.01. The Kier molecular flexibility index (Phi) is 7.84. The Labute approximate surface area is 125 Å². The van der Waals surface area contributed by atoms with Gasteiger partial charge in [-0.2, -0.15) is 11.8 Å². The van der Waals surface area contributed by atoms with E-state index < -0.39 is 9.84 Å². The second-order valence-electron chi connectivity index (χ2n) is 4.41. The van der Waals surface area contributed by atoms with Gasteiger partial charge in [0.15, 0.2) is 0 Å². The molecular formula is C14H22O4S2. The zero-order valence-electron chi connectivity index (χ0n) is 12.0. The van der Waals surface area contributed by atoms with Crippen molar-refractivity contribution in [1.29, 1.82) is 0 Å². The van der Waals surface area contributed by atoms with Crippen LogP contribution in [0.3, 0.4) is 0 Å². The van der Waals surface area contributed by atoms with Crippen LogP contribution < -0.4 is 9.47 Å². The van der Waals surface area contributed by atoms with E-state index in [2.05, 4.69) is 6.92 Å². The molecule has 0 bridgehead atoms. The van der Waals surface area contributed by atoms with Crippen molar-refractivity contribution in [1.82, 2.24) is 0 Å². The van der Waals surface area contributed by atoms with Crippen molar-refractivity contribution in [3.8, 4) is 11.5 Å². The van der Waals surface area contributed by atoms with Gasteiger partial charge in [-0.15, -0.1) is 0 Å². The fraction of sp³-hybridized carbons (Fsp3) is 0.571. The first kappa shape index (κ1) is 17.2. The predicted octanol–water partition coefficient (Wildman–Crippen LogP) is 2.63. The fourth-order valence-corrected chi connectivity index (χ4v) is 3.47. The molecule has 0 heterocycles. The van der Waals surface area contributed by atoms with E-state index in [0.717, 1.165) is 30.3 Å². The van der Waals surface area contributed by atoms with Crippen molar-refractivity contribution in [2.24, 2.45) is 0 Å². The van der Waals surface area contributed by atoms with Gasteiger partial charge in [-0.05, 0) is 30.7 Å². The minimum absolute atomic E-state index is 0.223. The summed E-state index contributed by atoms with van der Waals surface area (Å²) in [6.45, 7) is 3.36. The first-order chi connectivity index (χ1) is 9.51. The Balaban J connectivity index is 2.16. The number of sulfone groups is 1. The first-order valence-corrected chi connectivity index (χ1v) is 9.84. The molecule has 0 amide bonds. The van der Waals surface area contributed by atoms with Gasteiger partial charge in [0.2, 0.25) is 0 Å². The van der Waals surface area contributed by atoms with Gasteiger partial charge in [0.25, 0.3) is 0 Å². The minimum atomic E-state index is -2.85. The van der Waals surface area contributed by atoms with Crippen molar-refractivity contribution in [2.45, 2.75) is 13.3 Å². The van der Waals surface area contributed by atoms with E-state index in [9.17, 15) is 8.42 Å². The topological polar surface area (TPSA) is 52.6 Å². The molecule has 0 radical (unpaired) electrons. The average molecular weight is 318 g/mol. The Morgan fingerprint density at radius 2 is 1.55 bits per heavy atom. The molecule has 20 heavy (non-hydrogen) atoms. The predicted molar refractivity (Wildman–Crippen MR) is 84.8 cm³/mol. The molecule has 0 spiro atoms. The van der Waals surface area contributed by atoms with Crippen molar-refractivity contribution >= 4 is 21.6 Å². The molecule has 0 saturated carbocycles. The molecular weight excluding hydrogens is 296 g/mol. The molecule has 0 unspecified atom stereocenters. The lowest BCUT2D eigenvalue weighted by atomic mass is 10.3. The van der Waals surface area contributed by atoms with E-state index in [-0.39, 0.29) is 5.75 Å². The summed E-state index contributed by atoms with van der Waals surface area (Å²) in [6, 6.07) is 7.54. The molecule has 6 heteroatoms. The van der Waals surface area contributed by atoms with E-state index in [0.29, 0.717) is 12.4 Å². The van der Waals surface area contributed by atoms with Gasteiger partial charge in [-0.25, -0.2) is 8.42 Å². The highest BCUT2D eigenvalue weighted by molar-refractivity contribution is 8.00. The number of hydrogen-bond acceptors (Lipinski definition) is 5. The van der Waals surface area contributed by atoms with Crippen LogP contribution in [-0.4, -0.2) is 45.1 Å². The van der Waals surface area contributed by atoms with Crippen LogP contribution in [-0.2, 0) is 9.84 Å². The Hall–Kier alpha value is -0.880. The first-order valence-electron chi connectivity index (χ1n) is 6.62. The largest absolute Gasteiger partial charge is 0.494 e. The smallest absolute Gasteiger partial charge is 0.148 e. The maximum atomic E-state index is 10.9. The third-order valence-electron chi connectivity index (χ3n) is 2.39. The summed E-state index contributed by atoms with van der Waals surface area (Å²) in [5, 5.41) is 0. The second-order valence-corrected chi connectivity index (χ2v) is 7.90. The summed E-state index contributed by atoms with van der Waals surface area (Å²) >= 11 is 1.58. The van der Waals surface area contributed by atoms with Crippen LogP contribution >= 0.6 is 11.8 Å². The van der Waals surface area contributed by atoms with E-state index in [4.69, 9.17) is 9.47 Å². The van der Waals surface area contributed by atoms with E-state index in [1.54, 1.807) is 11.8 Å². The molecule has 0 saturated heterocycles. The molecule has 0 aromatic heterocycles. The summed E-state index contributed by atoms with van der Waals surface area (Å²) in [6.07, 6.45) is 2.25. The van der Waals surface area contributed by atoms with Crippen LogP contribution in [0.5, 0.6) is 11.5 Å². The van der Waals surface area contributed by atoms with E-state index in [1.807, 2.05) is 24.3 Å². The van der Waals surface area contributed by atoms with Gasteiger partial charge >= 0.3 is 0 Å². The third kappa shape index (κ3) is 8.32. The molecule has 4 nitrogen and oxygen atoms in total. The molecule has 114 valence electrons. The van der Waals surface area contributed by atoms with Crippen LogP contribution in [0.25, 0.3) is 0 Å². The Morgan fingerprint density at radius 3 is 2.05 bits per heavy atom. The normalized spacial score (nSPS) is 11.3. The molecule has 1 aromatic rings. The molecule has 0 aliphatic rings.